The molecule has 0 N–H and O–H groups in total. The van der Waals surface area contributed by atoms with Crippen molar-refractivity contribution in [3.05, 3.63) is 0 Å². The molecule has 0 aromatic rings. The molecule has 0 nitrogen and oxygen atoms in total. The molecule has 0 radical (unpaired) electrons. The fraction of sp³-hybridized carbons (Fsp3) is 1.00. The van der Waals surface area contributed by atoms with Gasteiger partial charge >= 0.3 is 0 Å². The van der Waals surface area contributed by atoms with Crippen molar-refractivity contribution >= 4 is 15.9 Å². The SMILES string of the molecule is CCCC(C)(CBr)C1CCCCCC1. The highest BCUT2D eigenvalue weighted by atomic mass is 79.9. The van der Waals surface area contributed by atoms with E-state index in [1.165, 1.54) is 56.7 Å². The molecule has 1 aliphatic rings. The van der Waals surface area contributed by atoms with Crippen LogP contribution in [0.25, 0.3) is 0 Å². The van der Waals surface area contributed by atoms with E-state index in [9.17, 15) is 0 Å². The molecule has 0 amide bonds. The number of alkyl halides is 1. The Morgan fingerprint density at radius 1 is 1.14 bits per heavy atom. The summed E-state index contributed by atoms with van der Waals surface area (Å²) in [7, 11) is 0. The maximum Gasteiger partial charge on any atom is 0.00879 e. The van der Waals surface area contributed by atoms with Crippen LogP contribution in [0, 0.1) is 11.3 Å². The second-order valence-corrected chi connectivity index (χ2v) is 5.79. The van der Waals surface area contributed by atoms with Gasteiger partial charge in [0.25, 0.3) is 0 Å². The molecular weight excluding hydrogens is 236 g/mol. The van der Waals surface area contributed by atoms with E-state index >= 15 is 0 Å². The molecule has 1 heteroatoms. The lowest BCUT2D eigenvalue weighted by molar-refractivity contribution is 0.180. The first kappa shape index (κ1) is 12.5. The minimum Gasteiger partial charge on any atom is -0.0922 e. The molecule has 14 heavy (non-hydrogen) atoms. The fourth-order valence-corrected chi connectivity index (χ4v) is 3.67. The second-order valence-electron chi connectivity index (χ2n) is 5.23. The summed E-state index contributed by atoms with van der Waals surface area (Å²) in [5.41, 5.74) is 0.569. The molecule has 0 bridgehead atoms. The van der Waals surface area contributed by atoms with Crippen molar-refractivity contribution in [2.24, 2.45) is 11.3 Å². The zero-order chi connectivity index (χ0) is 10.4. The second kappa shape index (κ2) is 6.15. The van der Waals surface area contributed by atoms with Crippen LogP contribution in [-0.4, -0.2) is 5.33 Å². The van der Waals surface area contributed by atoms with Gasteiger partial charge in [0.2, 0.25) is 0 Å². The Kier molecular flexibility index (Phi) is 5.51. The van der Waals surface area contributed by atoms with Gasteiger partial charge in [-0.1, -0.05) is 61.9 Å². The molecule has 0 aliphatic heterocycles. The van der Waals surface area contributed by atoms with Gasteiger partial charge in [0, 0.05) is 5.33 Å². The maximum absolute atomic E-state index is 3.73. The van der Waals surface area contributed by atoms with Crippen molar-refractivity contribution in [3.63, 3.8) is 0 Å². The minimum atomic E-state index is 0.569. The van der Waals surface area contributed by atoms with Crippen molar-refractivity contribution in [1.82, 2.24) is 0 Å². The quantitative estimate of drug-likeness (QED) is 0.484. The Bertz CT molecular complexity index is 147. The third-order valence-electron chi connectivity index (χ3n) is 3.97. The monoisotopic (exact) mass is 260 g/mol. The largest absolute Gasteiger partial charge is 0.0922 e. The summed E-state index contributed by atoms with van der Waals surface area (Å²) in [6, 6.07) is 0. The van der Waals surface area contributed by atoms with Crippen LogP contribution < -0.4 is 0 Å². The average molecular weight is 261 g/mol. The van der Waals surface area contributed by atoms with Gasteiger partial charge in [-0.25, -0.2) is 0 Å². The van der Waals surface area contributed by atoms with Gasteiger partial charge in [0.15, 0.2) is 0 Å². The van der Waals surface area contributed by atoms with Crippen LogP contribution in [0.5, 0.6) is 0 Å². The zero-order valence-electron chi connectivity index (χ0n) is 9.82. The highest BCUT2D eigenvalue weighted by Crippen LogP contribution is 2.42. The summed E-state index contributed by atoms with van der Waals surface area (Å²) in [6.45, 7) is 4.80. The van der Waals surface area contributed by atoms with Crippen molar-refractivity contribution in [2.45, 2.75) is 65.2 Å². The van der Waals surface area contributed by atoms with Crippen LogP contribution in [0.15, 0.2) is 0 Å². The predicted molar refractivity (Wildman–Crippen MR) is 68.0 cm³/mol. The summed E-state index contributed by atoms with van der Waals surface area (Å²) in [4.78, 5) is 0. The third kappa shape index (κ3) is 3.25. The van der Waals surface area contributed by atoms with Gasteiger partial charge in [0.1, 0.15) is 0 Å². The summed E-state index contributed by atoms with van der Waals surface area (Å²) in [6.07, 6.45) is 11.6. The van der Waals surface area contributed by atoms with Crippen molar-refractivity contribution < 1.29 is 0 Å². The molecule has 0 aromatic heterocycles. The summed E-state index contributed by atoms with van der Waals surface area (Å²) >= 11 is 3.73. The molecule has 1 aliphatic carbocycles. The zero-order valence-corrected chi connectivity index (χ0v) is 11.4. The van der Waals surface area contributed by atoms with Gasteiger partial charge in [-0.3, -0.25) is 0 Å². The first-order valence-electron chi connectivity index (χ1n) is 6.29. The smallest absolute Gasteiger partial charge is 0.00879 e. The van der Waals surface area contributed by atoms with Crippen LogP contribution in [0.4, 0.5) is 0 Å². The Morgan fingerprint density at radius 2 is 1.71 bits per heavy atom. The third-order valence-corrected chi connectivity index (χ3v) is 5.25. The summed E-state index contributed by atoms with van der Waals surface area (Å²) in [5, 5.41) is 1.19. The number of hydrogen-bond donors (Lipinski definition) is 0. The van der Waals surface area contributed by atoms with E-state index in [1.807, 2.05) is 0 Å². The molecule has 0 aromatic carbocycles. The highest BCUT2D eigenvalue weighted by Gasteiger charge is 2.32. The van der Waals surface area contributed by atoms with E-state index in [0.29, 0.717) is 5.41 Å². The molecule has 84 valence electrons. The van der Waals surface area contributed by atoms with Gasteiger partial charge in [-0.2, -0.15) is 0 Å². The number of rotatable bonds is 4. The van der Waals surface area contributed by atoms with Crippen molar-refractivity contribution in [3.8, 4) is 0 Å². The van der Waals surface area contributed by atoms with Gasteiger partial charge in [-0.05, 0) is 30.6 Å². The van der Waals surface area contributed by atoms with Crippen LogP contribution in [-0.2, 0) is 0 Å². The standard InChI is InChI=1S/C13H25Br/c1-3-10-13(2,11-14)12-8-6-4-5-7-9-12/h12H,3-11H2,1-2H3. The first-order valence-corrected chi connectivity index (χ1v) is 7.41. The predicted octanol–water partition coefficient (Wildman–Crippen LogP) is 5.16. The van der Waals surface area contributed by atoms with Crippen molar-refractivity contribution in [2.75, 3.05) is 5.33 Å². The first-order chi connectivity index (χ1) is 6.73. The Labute approximate surface area is 98.0 Å². The maximum atomic E-state index is 3.73. The van der Waals surface area contributed by atoms with Crippen LogP contribution >= 0.6 is 15.9 Å². The van der Waals surface area contributed by atoms with E-state index in [2.05, 4.69) is 29.8 Å². The molecule has 1 fully saturated rings. The lowest BCUT2D eigenvalue weighted by Crippen LogP contribution is -2.28. The molecule has 0 saturated heterocycles. The molecule has 1 saturated carbocycles. The minimum absolute atomic E-state index is 0.569. The highest BCUT2D eigenvalue weighted by molar-refractivity contribution is 9.09. The molecule has 1 unspecified atom stereocenters. The van der Waals surface area contributed by atoms with Crippen LogP contribution in [0.3, 0.4) is 0 Å². The van der Waals surface area contributed by atoms with E-state index in [4.69, 9.17) is 0 Å². The molecule has 1 rings (SSSR count). The normalized spacial score (nSPS) is 24.2. The summed E-state index contributed by atoms with van der Waals surface area (Å²) < 4.78 is 0. The van der Waals surface area contributed by atoms with E-state index in [0.717, 1.165) is 5.92 Å². The Morgan fingerprint density at radius 3 is 2.14 bits per heavy atom. The molecule has 1 atom stereocenters. The molecule has 0 heterocycles. The lowest BCUT2D eigenvalue weighted by atomic mass is 9.72. The topological polar surface area (TPSA) is 0 Å². The van der Waals surface area contributed by atoms with E-state index in [1.54, 1.807) is 0 Å². The molecular formula is C13H25Br. The van der Waals surface area contributed by atoms with Gasteiger partial charge < -0.3 is 0 Å². The Hall–Kier alpha value is 0.480. The van der Waals surface area contributed by atoms with Gasteiger partial charge in [-0.15, -0.1) is 0 Å². The summed E-state index contributed by atoms with van der Waals surface area (Å²) in [5.74, 6) is 0.976. The Balaban J connectivity index is 2.56. The number of halogens is 1. The van der Waals surface area contributed by atoms with E-state index < -0.39 is 0 Å². The lowest BCUT2D eigenvalue weighted by Gasteiger charge is -2.36. The van der Waals surface area contributed by atoms with Gasteiger partial charge in [0.05, 0.1) is 0 Å². The fourth-order valence-electron chi connectivity index (χ4n) is 2.93. The van der Waals surface area contributed by atoms with Crippen molar-refractivity contribution in [1.29, 1.82) is 0 Å². The van der Waals surface area contributed by atoms with E-state index in [-0.39, 0.29) is 0 Å². The average Bonchev–Trinajstić information content (AvgIpc) is 2.46. The van der Waals surface area contributed by atoms with Crippen LogP contribution in [0.1, 0.15) is 65.2 Å². The van der Waals surface area contributed by atoms with Crippen LogP contribution in [0.2, 0.25) is 0 Å². The molecule has 0 spiro atoms. The number of hydrogen-bond acceptors (Lipinski definition) is 0.